The smallest absolute Gasteiger partial charge is 0.423 e. The average molecular weight is 323 g/mol. The first-order valence-electron chi connectivity index (χ1n) is 5.73. The van der Waals surface area contributed by atoms with Crippen molar-refractivity contribution in [2.45, 2.75) is 18.0 Å². The number of carbonyl (C=O) groups is 1. The highest BCUT2D eigenvalue weighted by Crippen LogP contribution is 2.38. The number of rotatable bonds is 5. The zero-order chi connectivity index (χ0) is 16.2. The third-order valence-electron chi connectivity index (χ3n) is 2.57. The SMILES string of the molecule is COC(=O)C(C)CSc1ccc([N+](=O)[O-])c(C(F)(F)F)c1. The number of thioether (sulfide) groups is 1. The van der Waals surface area contributed by atoms with Crippen LogP contribution < -0.4 is 0 Å². The Morgan fingerprint density at radius 3 is 2.57 bits per heavy atom. The van der Waals surface area contributed by atoms with Gasteiger partial charge >= 0.3 is 12.1 Å². The van der Waals surface area contributed by atoms with Crippen LogP contribution in [0.1, 0.15) is 12.5 Å². The summed E-state index contributed by atoms with van der Waals surface area (Å²) in [6.07, 6.45) is -4.81. The normalized spacial score (nSPS) is 12.8. The molecule has 0 saturated heterocycles. The molecule has 5 nitrogen and oxygen atoms in total. The van der Waals surface area contributed by atoms with E-state index in [0.717, 1.165) is 17.8 Å². The molecule has 0 fully saturated rings. The summed E-state index contributed by atoms with van der Waals surface area (Å²) < 4.78 is 42.9. The fourth-order valence-corrected chi connectivity index (χ4v) is 2.43. The number of alkyl halides is 3. The van der Waals surface area contributed by atoms with Gasteiger partial charge in [-0.1, -0.05) is 6.92 Å². The topological polar surface area (TPSA) is 69.4 Å². The molecule has 0 heterocycles. The quantitative estimate of drug-likeness (QED) is 0.359. The van der Waals surface area contributed by atoms with Crippen LogP contribution in [0.3, 0.4) is 0 Å². The van der Waals surface area contributed by atoms with Crippen LogP contribution in [-0.2, 0) is 15.7 Å². The lowest BCUT2D eigenvalue weighted by Gasteiger charge is -2.11. The van der Waals surface area contributed by atoms with E-state index < -0.39 is 34.2 Å². The van der Waals surface area contributed by atoms with Gasteiger partial charge < -0.3 is 4.74 Å². The number of hydrogen-bond donors (Lipinski definition) is 0. The Kier molecular flexibility index (Phi) is 5.59. The summed E-state index contributed by atoms with van der Waals surface area (Å²) in [5.74, 6) is -0.758. The first-order chi connectivity index (χ1) is 9.66. The fraction of sp³-hybridized carbons (Fsp3) is 0.417. The number of halogens is 3. The minimum absolute atomic E-state index is 0.198. The van der Waals surface area contributed by atoms with Gasteiger partial charge in [0.05, 0.1) is 18.0 Å². The average Bonchev–Trinajstić information content (AvgIpc) is 2.42. The monoisotopic (exact) mass is 323 g/mol. The van der Waals surface area contributed by atoms with Crippen LogP contribution in [-0.4, -0.2) is 23.8 Å². The maximum atomic E-state index is 12.8. The number of hydrogen-bond acceptors (Lipinski definition) is 5. The highest BCUT2D eigenvalue weighted by atomic mass is 32.2. The molecule has 1 aromatic rings. The van der Waals surface area contributed by atoms with E-state index in [2.05, 4.69) is 4.74 Å². The van der Waals surface area contributed by atoms with Crippen molar-refractivity contribution in [3.63, 3.8) is 0 Å². The van der Waals surface area contributed by atoms with Crippen molar-refractivity contribution in [1.82, 2.24) is 0 Å². The third kappa shape index (κ3) is 4.62. The summed E-state index contributed by atoms with van der Waals surface area (Å²) in [5.41, 5.74) is -2.30. The molecule has 0 saturated carbocycles. The molecular formula is C12H12F3NO4S. The van der Waals surface area contributed by atoms with E-state index in [-0.39, 0.29) is 10.6 Å². The largest absolute Gasteiger partial charge is 0.469 e. The van der Waals surface area contributed by atoms with Crippen molar-refractivity contribution in [2.75, 3.05) is 12.9 Å². The first kappa shape index (κ1) is 17.3. The zero-order valence-electron chi connectivity index (χ0n) is 11.1. The van der Waals surface area contributed by atoms with Crippen molar-refractivity contribution in [3.05, 3.63) is 33.9 Å². The van der Waals surface area contributed by atoms with E-state index in [0.29, 0.717) is 6.07 Å². The van der Waals surface area contributed by atoms with E-state index in [1.165, 1.54) is 13.2 Å². The summed E-state index contributed by atoms with van der Waals surface area (Å²) in [4.78, 5) is 20.9. The van der Waals surface area contributed by atoms with Crippen LogP contribution in [0.4, 0.5) is 18.9 Å². The predicted molar refractivity (Wildman–Crippen MR) is 70.0 cm³/mol. The molecule has 0 N–H and O–H groups in total. The Balaban J connectivity index is 2.96. The molecule has 1 atom stereocenters. The number of benzene rings is 1. The first-order valence-corrected chi connectivity index (χ1v) is 6.71. The number of methoxy groups -OCH3 is 1. The van der Waals surface area contributed by atoms with Crippen molar-refractivity contribution < 1.29 is 27.6 Å². The van der Waals surface area contributed by atoms with Crippen LogP contribution in [0.15, 0.2) is 23.1 Å². The minimum Gasteiger partial charge on any atom is -0.469 e. The molecule has 0 radical (unpaired) electrons. The lowest BCUT2D eigenvalue weighted by atomic mass is 10.2. The standard InChI is InChI=1S/C12H12F3NO4S/c1-7(11(17)20-2)6-21-8-3-4-10(16(18)19)9(5-8)12(13,14)15/h3-5,7H,6H2,1-2H3. The number of esters is 1. The molecule has 0 bridgehead atoms. The van der Waals surface area contributed by atoms with Crippen LogP contribution in [0.25, 0.3) is 0 Å². The van der Waals surface area contributed by atoms with Gasteiger partial charge in [-0.05, 0) is 12.1 Å². The molecule has 1 rings (SSSR count). The van der Waals surface area contributed by atoms with Crippen molar-refractivity contribution >= 4 is 23.4 Å². The molecule has 0 aliphatic rings. The summed E-state index contributed by atoms with van der Waals surface area (Å²) in [6.45, 7) is 1.58. The third-order valence-corrected chi connectivity index (χ3v) is 3.83. The molecule has 0 aliphatic heterocycles. The number of nitro benzene ring substituents is 1. The van der Waals surface area contributed by atoms with E-state index in [4.69, 9.17) is 0 Å². The van der Waals surface area contributed by atoms with Crippen LogP contribution in [0, 0.1) is 16.0 Å². The van der Waals surface area contributed by atoms with Gasteiger partial charge in [0.1, 0.15) is 5.56 Å². The lowest BCUT2D eigenvalue weighted by Crippen LogP contribution is -2.14. The van der Waals surface area contributed by atoms with Crippen molar-refractivity contribution in [3.8, 4) is 0 Å². The summed E-state index contributed by atoms with van der Waals surface area (Å²) in [7, 11) is 1.22. The number of nitrogens with zero attached hydrogens (tertiary/aromatic N) is 1. The number of carbonyl (C=O) groups excluding carboxylic acids is 1. The number of nitro groups is 1. The summed E-state index contributed by atoms with van der Waals surface area (Å²) in [6, 6.07) is 2.75. The Bertz CT molecular complexity index is 548. The highest BCUT2D eigenvalue weighted by Gasteiger charge is 2.38. The molecule has 21 heavy (non-hydrogen) atoms. The maximum Gasteiger partial charge on any atom is 0.423 e. The Morgan fingerprint density at radius 2 is 2.10 bits per heavy atom. The van der Waals surface area contributed by atoms with Gasteiger partial charge in [0.25, 0.3) is 5.69 Å². The Labute approximate surface area is 122 Å². The molecule has 9 heteroatoms. The highest BCUT2D eigenvalue weighted by molar-refractivity contribution is 7.99. The second kappa shape index (κ2) is 6.79. The van der Waals surface area contributed by atoms with Gasteiger partial charge in [0, 0.05) is 16.7 Å². The molecule has 0 aliphatic carbocycles. The summed E-state index contributed by atoms with van der Waals surface area (Å²) >= 11 is 0.999. The lowest BCUT2D eigenvalue weighted by molar-refractivity contribution is -0.388. The number of ether oxygens (including phenoxy) is 1. The molecule has 1 unspecified atom stereocenters. The van der Waals surface area contributed by atoms with Crippen LogP contribution in [0.2, 0.25) is 0 Å². The fourth-order valence-electron chi connectivity index (χ4n) is 1.48. The van der Waals surface area contributed by atoms with E-state index in [9.17, 15) is 28.1 Å². The molecule has 0 aromatic heterocycles. The maximum absolute atomic E-state index is 12.8. The predicted octanol–water partition coefficient (Wildman–Crippen LogP) is 3.51. The molecular weight excluding hydrogens is 311 g/mol. The van der Waals surface area contributed by atoms with E-state index in [1.807, 2.05) is 0 Å². The van der Waals surface area contributed by atoms with Gasteiger partial charge in [-0.3, -0.25) is 14.9 Å². The van der Waals surface area contributed by atoms with Crippen molar-refractivity contribution in [1.29, 1.82) is 0 Å². The van der Waals surface area contributed by atoms with Gasteiger partial charge in [0.2, 0.25) is 0 Å². The van der Waals surface area contributed by atoms with E-state index >= 15 is 0 Å². The second-order valence-electron chi connectivity index (χ2n) is 4.17. The van der Waals surface area contributed by atoms with Crippen molar-refractivity contribution in [2.24, 2.45) is 5.92 Å². The second-order valence-corrected chi connectivity index (χ2v) is 5.26. The van der Waals surface area contributed by atoms with Gasteiger partial charge in [-0.2, -0.15) is 13.2 Å². The van der Waals surface area contributed by atoms with Gasteiger partial charge in [-0.25, -0.2) is 0 Å². The molecule has 0 spiro atoms. The molecule has 1 aromatic carbocycles. The van der Waals surface area contributed by atoms with Crippen LogP contribution in [0.5, 0.6) is 0 Å². The van der Waals surface area contributed by atoms with Gasteiger partial charge in [-0.15, -0.1) is 11.8 Å². The Morgan fingerprint density at radius 1 is 1.48 bits per heavy atom. The Hall–Kier alpha value is -1.77. The van der Waals surface area contributed by atoms with Gasteiger partial charge in [0.15, 0.2) is 0 Å². The molecule has 0 amide bonds. The van der Waals surface area contributed by atoms with Crippen LogP contribution >= 0.6 is 11.8 Å². The molecule has 116 valence electrons. The van der Waals surface area contributed by atoms with E-state index in [1.54, 1.807) is 6.92 Å². The zero-order valence-corrected chi connectivity index (χ0v) is 12.0. The summed E-state index contributed by atoms with van der Waals surface area (Å²) in [5, 5.41) is 10.6. The minimum atomic E-state index is -4.81.